The maximum Gasteiger partial charge on any atom is 0.131 e. The molecular weight excluding hydrogens is 265 g/mol. The van der Waals surface area contributed by atoms with Gasteiger partial charge in [0.15, 0.2) is 0 Å². The van der Waals surface area contributed by atoms with E-state index in [9.17, 15) is 4.39 Å². The van der Waals surface area contributed by atoms with Gasteiger partial charge in [0.25, 0.3) is 0 Å². The first-order valence-electron chi connectivity index (χ1n) is 6.87. The highest BCUT2D eigenvalue weighted by atomic mass is 35.5. The number of benzene rings is 1. The lowest BCUT2D eigenvalue weighted by atomic mass is 10.1. The normalized spacial score (nSPS) is 21.1. The second-order valence-electron chi connectivity index (χ2n) is 5.09. The van der Waals surface area contributed by atoms with Crippen molar-refractivity contribution in [1.82, 2.24) is 4.90 Å². The van der Waals surface area contributed by atoms with E-state index in [1.165, 1.54) is 25.3 Å². The first-order valence-corrected chi connectivity index (χ1v) is 7.40. The zero-order valence-electron chi connectivity index (χ0n) is 11.4. The molecule has 0 radical (unpaired) electrons. The molecule has 106 valence electrons. The molecule has 1 heterocycles. The van der Waals surface area contributed by atoms with Gasteiger partial charge in [0.2, 0.25) is 0 Å². The Morgan fingerprint density at radius 3 is 2.89 bits per heavy atom. The summed E-state index contributed by atoms with van der Waals surface area (Å²) in [5.41, 5.74) is 0.720. The van der Waals surface area contributed by atoms with Crippen LogP contribution in [0.4, 0.5) is 4.39 Å². The van der Waals surface area contributed by atoms with E-state index in [1.54, 1.807) is 7.11 Å². The SMILES string of the molecule is COc1ccc(CN2CCCCCC2CCl)c(F)c1. The molecule has 1 aliphatic rings. The zero-order chi connectivity index (χ0) is 13.7. The van der Waals surface area contributed by atoms with Crippen LogP contribution >= 0.6 is 11.6 Å². The van der Waals surface area contributed by atoms with Crippen molar-refractivity contribution in [3.8, 4) is 5.75 Å². The molecule has 1 atom stereocenters. The van der Waals surface area contributed by atoms with Crippen LogP contribution in [0.5, 0.6) is 5.75 Å². The molecule has 0 bridgehead atoms. The van der Waals surface area contributed by atoms with Crippen molar-refractivity contribution >= 4 is 11.6 Å². The standard InChI is InChI=1S/C15H21ClFNO/c1-19-14-7-6-12(15(17)9-14)11-18-8-4-2-3-5-13(18)10-16/h6-7,9,13H,2-5,8,10-11H2,1H3. The second kappa shape index (κ2) is 7.11. The highest BCUT2D eigenvalue weighted by molar-refractivity contribution is 6.18. The van der Waals surface area contributed by atoms with Crippen molar-refractivity contribution < 1.29 is 9.13 Å². The summed E-state index contributed by atoms with van der Waals surface area (Å²) in [5.74, 6) is 0.987. The molecule has 0 aliphatic carbocycles. The van der Waals surface area contributed by atoms with Gasteiger partial charge in [-0.25, -0.2) is 4.39 Å². The van der Waals surface area contributed by atoms with E-state index in [0.717, 1.165) is 18.5 Å². The fourth-order valence-electron chi connectivity index (χ4n) is 2.62. The van der Waals surface area contributed by atoms with Crippen molar-refractivity contribution in [3.05, 3.63) is 29.6 Å². The van der Waals surface area contributed by atoms with Crippen molar-refractivity contribution in [1.29, 1.82) is 0 Å². The number of alkyl halides is 1. The van der Waals surface area contributed by atoms with E-state index in [1.807, 2.05) is 12.1 Å². The van der Waals surface area contributed by atoms with Gasteiger partial charge in [-0.3, -0.25) is 4.90 Å². The van der Waals surface area contributed by atoms with E-state index in [2.05, 4.69) is 4.90 Å². The molecule has 1 fully saturated rings. The second-order valence-corrected chi connectivity index (χ2v) is 5.39. The summed E-state index contributed by atoms with van der Waals surface area (Å²) in [6.45, 7) is 1.63. The largest absolute Gasteiger partial charge is 0.497 e. The van der Waals surface area contributed by atoms with Gasteiger partial charge in [-0.1, -0.05) is 18.9 Å². The van der Waals surface area contributed by atoms with Crippen LogP contribution in [0.1, 0.15) is 31.2 Å². The van der Waals surface area contributed by atoms with Crippen LogP contribution in [0.3, 0.4) is 0 Å². The van der Waals surface area contributed by atoms with Gasteiger partial charge >= 0.3 is 0 Å². The third-order valence-electron chi connectivity index (χ3n) is 3.81. The van der Waals surface area contributed by atoms with Crippen LogP contribution in [0, 0.1) is 5.82 Å². The molecule has 19 heavy (non-hydrogen) atoms. The molecule has 1 aromatic rings. The summed E-state index contributed by atoms with van der Waals surface area (Å²) in [5, 5.41) is 0. The van der Waals surface area contributed by atoms with Crippen molar-refractivity contribution in [2.45, 2.75) is 38.3 Å². The summed E-state index contributed by atoms with van der Waals surface area (Å²) in [7, 11) is 1.55. The predicted octanol–water partition coefficient (Wildman–Crippen LogP) is 3.82. The third kappa shape index (κ3) is 3.83. The van der Waals surface area contributed by atoms with E-state index >= 15 is 0 Å². The molecule has 1 saturated heterocycles. The van der Waals surface area contributed by atoms with Crippen LogP contribution < -0.4 is 4.74 Å². The summed E-state index contributed by atoms with van der Waals surface area (Å²) < 4.78 is 19.0. The van der Waals surface area contributed by atoms with E-state index in [-0.39, 0.29) is 5.82 Å². The fourth-order valence-corrected chi connectivity index (χ4v) is 2.97. The number of halogens is 2. The Balaban J connectivity index is 2.09. The average molecular weight is 286 g/mol. The Labute approximate surface area is 119 Å². The molecule has 0 aromatic heterocycles. The minimum Gasteiger partial charge on any atom is -0.497 e. The highest BCUT2D eigenvalue weighted by Gasteiger charge is 2.21. The Bertz CT molecular complexity index is 413. The van der Waals surface area contributed by atoms with Crippen LogP contribution in [-0.4, -0.2) is 30.5 Å². The Hall–Kier alpha value is -0.800. The Kier molecular flexibility index (Phi) is 5.46. The Morgan fingerprint density at radius 2 is 2.21 bits per heavy atom. The van der Waals surface area contributed by atoms with Crippen molar-refractivity contribution in [2.75, 3.05) is 19.5 Å². The maximum absolute atomic E-state index is 14.0. The highest BCUT2D eigenvalue weighted by Crippen LogP contribution is 2.23. The number of likely N-dealkylation sites (tertiary alicyclic amines) is 1. The average Bonchev–Trinajstić information content (AvgIpc) is 2.66. The molecule has 4 heteroatoms. The number of ether oxygens (including phenoxy) is 1. The number of nitrogens with zero attached hydrogens (tertiary/aromatic N) is 1. The summed E-state index contributed by atoms with van der Waals surface area (Å²) in [6.07, 6.45) is 4.75. The van der Waals surface area contributed by atoms with Crippen molar-refractivity contribution in [3.63, 3.8) is 0 Å². The van der Waals surface area contributed by atoms with Gasteiger partial charge in [-0.2, -0.15) is 0 Å². The molecule has 1 unspecified atom stereocenters. The van der Waals surface area contributed by atoms with Gasteiger partial charge in [-0.05, 0) is 25.5 Å². The lowest BCUT2D eigenvalue weighted by Crippen LogP contribution is -2.35. The lowest BCUT2D eigenvalue weighted by molar-refractivity contribution is 0.204. The van der Waals surface area contributed by atoms with Crippen LogP contribution in [0.25, 0.3) is 0 Å². The van der Waals surface area contributed by atoms with Gasteiger partial charge in [0.05, 0.1) is 7.11 Å². The third-order valence-corrected chi connectivity index (χ3v) is 4.17. The molecule has 1 aliphatic heterocycles. The van der Waals surface area contributed by atoms with Gasteiger partial charge in [0.1, 0.15) is 11.6 Å². The van der Waals surface area contributed by atoms with E-state index in [0.29, 0.717) is 24.2 Å². The zero-order valence-corrected chi connectivity index (χ0v) is 12.1. The summed E-state index contributed by atoms with van der Waals surface area (Å²) in [6, 6.07) is 5.43. The molecule has 2 rings (SSSR count). The quantitative estimate of drug-likeness (QED) is 0.780. The Morgan fingerprint density at radius 1 is 1.37 bits per heavy atom. The summed E-state index contributed by atoms with van der Waals surface area (Å²) >= 11 is 6.05. The van der Waals surface area contributed by atoms with Gasteiger partial charge in [0, 0.05) is 30.1 Å². The predicted molar refractivity (Wildman–Crippen MR) is 76.3 cm³/mol. The molecule has 0 spiro atoms. The molecule has 0 N–H and O–H groups in total. The fraction of sp³-hybridized carbons (Fsp3) is 0.600. The topological polar surface area (TPSA) is 12.5 Å². The molecule has 0 amide bonds. The van der Waals surface area contributed by atoms with E-state index in [4.69, 9.17) is 16.3 Å². The van der Waals surface area contributed by atoms with Crippen LogP contribution in [0.15, 0.2) is 18.2 Å². The lowest BCUT2D eigenvalue weighted by Gasteiger charge is -2.28. The number of hydrogen-bond donors (Lipinski definition) is 0. The molecular formula is C15H21ClFNO. The van der Waals surface area contributed by atoms with E-state index < -0.39 is 0 Å². The van der Waals surface area contributed by atoms with Gasteiger partial charge in [-0.15, -0.1) is 11.6 Å². The van der Waals surface area contributed by atoms with Gasteiger partial charge < -0.3 is 4.74 Å². The molecule has 2 nitrogen and oxygen atoms in total. The number of hydrogen-bond acceptors (Lipinski definition) is 2. The summed E-state index contributed by atoms with van der Waals surface area (Å²) in [4.78, 5) is 2.31. The minimum absolute atomic E-state index is 0.197. The smallest absolute Gasteiger partial charge is 0.131 e. The maximum atomic E-state index is 14.0. The number of rotatable bonds is 4. The first kappa shape index (κ1) is 14.6. The number of methoxy groups -OCH3 is 1. The molecule has 1 aromatic carbocycles. The minimum atomic E-state index is -0.197. The molecule has 0 saturated carbocycles. The van der Waals surface area contributed by atoms with Crippen LogP contribution in [-0.2, 0) is 6.54 Å². The van der Waals surface area contributed by atoms with Crippen LogP contribution in [0.2, 0.25) is 0 Å². The van der Waals surface area contributed by atoms with Crippen molar-refractivity contribution in [2.24, 2.45) is 0 Å². The monoisotopic (exact) mass is 285 g/mol. The first-order chi connectivity index (χ1) is 9.24.